The summed E-state index contributed by atoms with van der Waals surface area (Å²) in [5, 5.41) is 3.04. The largest absolute Gasteiger partial charge is 0.496 e. The molecule has 1 aliphatic rings. The van der Waals surface area contributed by atoms with Gasteiger partial charge in [0.15, 0.2) is 0 Å². The molecule has 0 aromatic heterocycles. The van der Waals surface area contributed by atoms with E-state index in [-0.39, 0.29) is 11.8 Å². The summed E-state index contributed by atoms with van der Waals surface area (Å²) >= 11 is 0. The molecule has 1 heterocycles. The third-order valence-electron chi connectivity index (χ3n) is 8.54. The molecule has 41 heavy (non-hydrogen) atoms. The van der Waals surface area contributed by atoms with Gasteiger partial charge in [-0.25, -0.2) is 0 Å². The van der Waals surface area contributed by atoms with Crippen molar-refractivity contribution in [1.82, 2.24) is 10.2 Å². The third kappa shape index (κ3) is 15.5. The van der Waals surface area contributed by atoms with Crippen molar-refractivity contribution in [2.24, 2.45) is 0 Å². The fourth-order valence-electron chi connectivity index (χ4n) is 5.75. The Labute approximate surface area is 252 Å². The molecule has 6 nitrogen and oxygen atoms in total. The van der Waals surface area contributed by atoms with E-state index in [4.69, 9.17) is 4.74 Å². The number of unbranched alkanes of at least 4 members (excludes halogenated alkanes) is 15. The number of hydrogen-bond donors (Lipinski definition) is 1. The number of anilines is 1. The zero-order valence-corrected chi connectivity index (χ0v) is 26.8. The molecule has 1 saturated heterocycles. The molecule has 1 aliphatic heterocycles. The first-order valence-corrected chi connectivity index (χ1v) is 17.0. The first-order chi connectivity index (χ1) is 20.0. The molecule has 6 heteroatoms. The lowest BCUT2D eigenvalue weighted by atomic mass is 10.0. The Morgan fingerprint density at radius 1 is 0.732 bits per heavy atom. The van der Waals surface area contributed by atoms with Crippen molar-refractivity contribution in [2.45, 2.75) is 136 Å². The van der Waals surface area contributed by atoms with Gasteiger partial charge < -0.3 is 19.9 Å². The number of methoxy groups -OCH3 is 1. The van der Waals surface area contributed by atoms with Gasteiger partial charge in [0.25, 0.3) is 0 Å². The molecule has 2 rings (SSSR count). The Balaban J connectivity index is 1.37. The number of carbonyl (C=O) groups is 2. The predicted octanol–water partition coefficient (Wildman–Crippen LogP) is 8.20. The van der Waals surface area contributed by atoms with Crippen molar-refractivity contribution < 1.29 is 14.3 Å². The minimum atomic E-state index is 0.162. The number of ether oxygens (including phenoxy) is 1. The molecule has 0 saturated carbocycles. The average molecular weight is 572 g/mol. The van der Waals surface area contributed by atoms with Crippen molar-refractivity contribution in [3.8, 4) is 5.75 Å². The van der Waals surface area contributed by atoms with Crippen LogP contribution in [0.25, 0.3) is 0 Å². The molecule has 0 aliphatic carbocycles. The lowest BCUT2D eigenvalue weighted by molar-refractivity contribution is -0.131. The van der Waals surface area contributed by atoms with Crippen molar-refractivity contribution in [3.05, 3.63) is 23.8 Å². The fraction of sp³-hybridized carbons (Fsp3) is 0.771. The van der Waals surface area contributed by atoms with Crippen molar-refractivity contribution in [1.29, 1.82) is 0 Å². The van der Waals surface area contributed by atoms with Crippen LogP contribution in [-0.2, 0) is 9.59 Å². The van der Waals surface area contributed by atoms with Gasteiger partial charge in [-0.05, 0) is 37.8 Å². The number of amides is 2. The normalized spacial score (nSPS) is 13.4. The van der Waals surface area contributed by atoms with Gasteiger partial charge in [-0.3, -0.25) is 9.59 Å². The topological polar surface area (TPSA) is 61.9 Å². The van der Waals surface area contributed by atoms with Crippen molar-refractivity contribution in [3.63, 3.8) is 0 Å². The molecule has 2 amide bonds. The Hall–Kier alpha value is -2.24. The lowest BCUT2D eigenvalue weighted by Crippen LogP contribution is -2.48. The number of rotatable bonds is 23. The number of hydrogen-bond acceptors (Lipinski definition) is 4. The Morgan fingerprint density at radius 2 is 1.27 bits per heavy atom. The average Bonchev–Trinajstić information content (AvgIpc) is 2.99. The summed E-state index contributed by atoms with van der Waals surface area (Å²) < 4.78 is 5.46. The van der Waals surface area contributed by atoms with E-state index < -0.39 is 0 Å². The second kappa shape index (κ2) is 22.4. The van der Waals surface area contributed by atoms with E-state index in [9.17, 15) is 9.59 Å². The molecule has 0 atom stereocenters. The number of aryl methyl sites for hydroxylation is 1. The van der Waals surface area contributed by atoms with E-state index in [1.54, 1.807) is 7.11 Å². The molecule has 1 N–H and O–H groups in total. The maximum atomic E-state index is 12.7. The van der Waals surface area contributed by atoms with E-state index >= 15 is 0 Å². The van der Waals surface area contributed by atoms with Gasteiger partial charge in [-0.1, -0.05) is 103 Å². The number of benzene rings is 1. The first kappa shape index (κ1) is 35.0. The second-order valence-corrected chi connectivity index (χ2v) is 12.0. The predicted molar refractivity (Wildman–Crippen MR) is 173 cm³/mol. The van der Waals surface area contributed by atoms with Crippen LogP contribution in [0, 0.1) is 6.92 Å². The molecule has 1 fully saturated rings. The Morgan fingerprint density at radius 3 is 1.83 bits per heavy atom. The number of nitrogens with zero attached hydrogens (tertiary/aromatic N) is 2. The molecular formula is C35H61N3O3. The Kier molecular flexibility index (Phi) is 19.1. The minimum Gasteiger partial charge on any atom is -0.496 e. The van der Waals surface area contributed by atoms with Gasteiger partial charge in [-0.15, -0.1) is 0 Å². The third-order valence-corrected chi connectivity index (χ3v) is 8.54. The van der Waals surface area contributed by atoms with Gasteiger partial charge in [-0.2, -0.15) is 0 Å². The number of carbonyl (C=O) groups excluding carboxylic acids is 2. The van der Waals surface area contributed by atoms with Crippen LogP contribution >= 0.6 is 0 Å². The number of piperazine rings is 1. The van der Waals surface area contributed by atoms with Gasteiger partial charge in [0.2, 0.25) is 11.8 Å². The highest BCUT2D eigenvalue weighted by atomic mass is 16.5. The van der Waals surface area contributed by atoms with Gasteiger partial charge in [0, 0.05) is 57.3 Å². The molecule has 0 spiro atoms. The van der Waals surface area contributed by atoms with Gasteiger partial charge in [0.05, 0.1) is 7.11 Å². The van der Waals surface area contributed by atoms with Crippen LogP contribution in [0.5, 0.6) is 5.75 Å². The highest BCUT2D eigenvalue weighted by Gasteiger charge is 2.21. The molecule has 1 aromatic rings. The van der Waals surface area contributed by atoms with Crippen LogP contribution in [0.2, 0.25) is 0 Å². The van der Waals surface area contributed by atoms with Crippen LogP contribution < -0.4 is 15.0 Å². The molecule has 234 valence electrons. The maximum absolute atomic E-state index is 12.7. The van der Waals surface area contributed by atoms with Crippen LogP contribution in [0.15, 0.2) is 18.2 Å². The van der Waals surface area contributed by atoms with Gasteiger partial charge in [0.1, 0.15) is 5.75 Å². The summed E-state index contributed by atoms with van der Waals surface area (Å²) in [6.45, 7) is 8.19. The summed E-state index contributed by atoms with van der Waals surface area (Å²) in [5.41, 5.74) is 2.28. The summed E-state index contributed by atoms with van der Waals surface area (Å²) in [7, 11) is 1.70. The monoisotopic (exact) mass is 571 g/mol. The van der Waals surface area contributed by atoms with Gasteiger partial charge >= 0.3 is 0 Å². The first-order valence-electron chi connectivity index (χ1n) is 17.0. The van der Waals surface area contributed by atoms with Crippen molar-refractivity contribution >= 4 is 17.5 Å². The second-order valence-electron chi connectivity index (χ2n) is 12.0. The van der Waals surface area contributed by atoms with E-state index in [0.717, 1.165) is 68.9 Å². The summed E-state index contributed by atoms with van der Waals surface area (Å²) in [5.74, 6) is 1.30. The quantitative estimate of drug-likeness (QED) is 0.135. The molecule has 0 radical (unpaired) electrons. The smallest absolute Gasteiger partial charge is 0.222 e. The molecular weight excluding hydrogens is 510 g/mol. The molecule has 0 bridgehead atoms. The zero-order chi connectivity index (χ0) is 29.5. The zero-order valence-electron chi connectivity index (χ0n) is 26.8. The standard InChI is InChI=1S/C35H61N3O3/c1-4-5-6-7-8-9-10-11-12-13-14-15-16-17-18-21-34(39)36-25-20-19-22-35(40)38-28-26-37(27-29-38)32-24-23-31(2)33(30-32)41-3/h23-24,30H,4-22,25-29H2,1-3H3,(H,36,39). The van der Waals surface area contributed by atoms with Crippen LogP contribution in [-0.4, -0.2) is 56.5 Å². The Bertz CT molecular complexity index is 836. The molecule has 1 aromatic carbocycles. The van der Waals surface area contributed by atoms with E-state index in [1.807, 2.05) is 11.8 Å². The van der Waals surface area contributed by atoms with Crippen LogP contribution in [0.4, 0.5) is 5.69 Å². The van der Waals surface area contributed by atoms with E-state index in [0.29, 0.717) is 19.4 Å². The van der Waals surface area contributed by atoms with Crippen LogP contribution in [0.3, 0.4) is 0 Å². The number of nitrogens with one attached hydrogen (secondary N) is 1. The van der Waals surface area contributed by atoms with Crippen molar-refractivity contribution in [2.75, 3.05) is 44.7 Å². The van der Waals surface area contributed by atoms with E-state index in [2.05, 4.69) is 35.3 Å². The van der Waals surface area contributed by atoms with E-state index in [1.165, 1.54) is 83.5 Å². The minimum absolute atomic E-state index is 0.162. The summed E-state index contributed by atoms with van der Waals surface area (Å²) in [6.07, 6.45) is 23.0. The van der Waals surface area contributed by atoms with Crippen LogP contribution in [0.1, 0.15) is 134 Å². The summed E-state index contributed by atoms with van der Waals surface area (Å²) in [6, 6.07) is 6.30. The lowest BCUT2D eigenvalue weighted by Gasteiger charge is -2.36. The fourth-order valence-corrected chi connectivity index (χ4v) is 5.75. The SMILES string of the molecule is CCCCCCCCCCCCCCCCCC(=O)NCCCCC(=O)N1CCN(c2ccc(C)c(OC)c2)CC1. The molecule has 0 unspecified atom stereocenters. The highest BCUT2D eigenvalue weighted by Crippen LogP contribution is 2.26. The maximum Gasteiger partial charge on any atom is 0.222 e. The highest BCUT2D eigenvalue weighted by molar-refractivity contribution is 5.77. The summed E-state index contributed by atoms with van der Waals surface area (Å²) in [4.78, 5) is 29.1.